The molecule has 0 amide bonds. The van der Waals surface area contributed by atoms with Gasteiger partial charge in [0.25, 0.3) is 0 Å². The Morgan fingerprint density at radius 2 is 2.15 bits per heavy atom. The highest BCUT2D eigenvalue weighted by atomic mass is 19.1. The predicted molar refractivity (Wildman–Crippen MR) is 124 cm³/mol. The zero-order valence-corrected chi connectivity index (χ0v) is 18.9. The van der Waals surface area contributed by atoms with E-state index in [0.717, 1.165) is 47.2 Å². The van der Waals surface area contributed by atoms with Crippen LogP contribution in [0.5, 0.6) is 0 Å². The molecule has 1 N–H and O–H groups in total. The van der Waals surface area contributed by atoms with E-state index < -0.39 is 11.7 Å². The van der Waals surface area contributed by atoms with Gasteiger partial charge in [0.1, 0.15) is 11.7 Å². The minimum Gasteiger partial charge on any atom is -0.347 e. The Hall–Kier alpha value is -3.38. The van der Waals surface area contributed by atoms with Crippen molar-refractivity contribution in [1.82, 2.24) is 19.5 Å². The number of anilines is 1. The van der Waals surface area contributed by atoms with Gasteiger partial charge in [0.2, 0.25) is 5.95 Å². The van der Waals surface area contributed by atoms with Crippen LogP contribution in [0.3, 0.4) is 0 Å². The number of rotatable bonds is 5. The molecule has 0 radical (unpaired) electrons. The van der Waals surface area contributed by atoms with Crippen molar-refractivity contribution in [2.45, 2.75) is 50.4 Å². The lowest BCUT2D eigenvalue weighted by Gasteiger charge is -2.48. The molecule has 2 aromatic heterocycles. The van der Waals surface area contributed by atoms with Crippen molar-refractivity contribution in [2.75, 3.05) is 25.5 Å². The van der Waals surface area contributed by atoms with Crippen LogP contribution < -0.4 is 5.32 Å². The average Bonchev–Trinajstić information content (AvgIpc) is 3.20. The number of nitrogens with zero attached hydrogens (tertiary/aromatic N) is 7. The van der Waals surface area contributed by atoms with E-state index in [1.807, 2.05) is 36.2 Å². The Balaban J connectivity index is 1.31. The number of halogens is 1. The van der Waals surface area contributed by atoms with E-state index in [2.05, 4.69) is 37.8 Å². The number of hydrogen-bond donors (Lipinski definition) is 1. The normalized spacial score (nSPS) is 22.8. The summed E-state index contributed by atoms with van der Waals surface area (Å²) in [6, 6.07) is 10.1. The predicted octanol–water partition coefficient (Wildman–Crippen LogP) is 4.69. The highest BCUT2D eigenvalue weighted by Gasteiger charge is 2.46. The molecule has 1 aliphatic carbocycles. The largest absolute Gasteiger partial charge is 0.347 e. The molecule has 3 aromatic rings. The zero-order valence-electron chi connectivity index (χ0n) is 18.9. The van der Waals surface area contributed by atoms with Crippen LogP contribution in [0.2, 0.25) is 0 Å². The molecule has 2 unspecified atom stereocenters. The first-order valence-corrected chi connectivity index (χ1v) is 11.4. The molecule has 2 fully saturated rings. The Morgan fingerprint density at radius 1 is 1.30 bits per heavy atom. The second-order valence-corrected chi connectivity index (χ2v) is 8.94. The number of alkyl halides is 1. The lowest BCUT2D eigenvalue weighted by atomic mass is 9.75. The third-order valence-electron chi connectivity index (χ3n) is 6.98. The monoisotopic (exact) mass is 446 g/mol. The second-order valence-electron chi connectivity index (χ2n) is 8.94. The quantitative estimate of drug-likeness (QED) is 0.574. The van der Waals surface area contributed by atoms with Crippen LogP contribution in [0.25, 0.3) is 16.6 Å². The van der Waals surface area contributed by atoms with Gasteiger partial charge in [0.05, 0.1) is 29.5 Å². The van der Waals surface area contributed by atoms with Crippen molar-refractivity contribution in [1.29, 1.82) is 5.26 Å². The molecule has 0 spiro atoms. The van der Waals surface area contributed by atoms with Gasteiger partial charge in [-0.3, -0.25) is 4.90 Å². The van der Waals surface area contributed by atoms with Crippen molar-refractivity contribution in [3.63, 3.8) is 0 Å². The molecule has 2 aliphatic rings. The third kappa shape index (κ3) is 3.85. The number of aromatic nitrogens is 3. The summed E-state index contributed by atoms with van der Waals surface area (Å²) in [5, 5.41) is 25.3. The molecule has 8 nitrogen and oxygen atoms in total. The number of azo groups is 1. The number of aryl methyl sites for hydroxylation is 1. The maximum atomic E-state index is 15.0. The summed E-state index contributed by atoms with van der Waals surface area (Å²) in [5.74, 6) is 0.402. The van der Waals surface area contributed by atoms with Gasteiger partial charge in [-0.15, -0.1) is 5.10 Å². The summed E-state index contributed by atoms with van der Waals surface area (Å²) in [4.78, 5) is 6.49. The van der Waals surface area contributed by atoms with Crippen molar-refractivity contribution in [2.24, 2.45) is 10.2 Å². The SMILES string of the molecule is CN=Nc1ccc(-c2ccn3nc(NC4CCN(C5(C#N)CCC5)CC4F)ncc23)cc1C. The Labute approximate surface area is 192 Å². The zero-order chi connectivity index (χ0) is 23.0. The number of likely N-dealkylation sites (tertiary alicyclic amines) is 1. The summed E-state index contributed by atoms with van der Waals surface area (Å²) in [6.45, 7) is 2.98. The van der Waals surface area contributed by atoms with Gasteiger partial charge < -0.3 is 5.32 Å². The van der Waals surface area contributed by atoms with Crippen LogP contribution in [-0.2, 0) is 0 Å². The molecular formula is C24H27FN8. The maximum absolute atomic E-state index is 15.0. The Bertz CT molecular complexity index is 1240. The van der Waals surface area contributed by atoms with Crippen LogP contribution in [-0.4, -0.2) is 57.4 Å². The minimum atomic E-state index is -1.08. The van der Waals surface area contributed by atoms with Crippen LogP contribution in [0.1, 0.15) is 31.2 Å². The Morgan fingerprint density at radius 3 is 2.82 bits per heavy atom. The number of hydrogen-bond acceptors (Lipinski definition) is 7. The Kier molecular flexibility index (Phi) is 5.54. The van der Waals surface area contributed by atoms with E-state index >= 15 is 0 Å². The fourth-order valence-corrected chi connectivity index (χ4v) is 4.89. The molecule has 0 bridgehead atoms. The van der Waals surface area contributed by atoms with E-state index in [-0.39, 0.29) is 12.6 Å². The molecule has 5 rings (SSSR count). The molecule has 170 valence electrons. The lowest BCUT2D eigenvalue weighted by Crippen LogP contribution is -2.60. The van der Waals surface area contributed by atoms with Crippen LogP contribution in [0.15, 0.2) is 46.9 Å². The van der Waals surface area contributed by atoms with Crippen molar-refractivity contribution < 1.29 is 4.39 Å². The minimum absolute atomic E-state index is 0.272. The average molecular weight is 447 g/mol. The number of fused-ring (bicyclic) bond motifs is 1. The molecule has 33 heavy (non-hydrogen) atoms. The van der Waals surface area contributed by atoms with Crippen molar-refractivity contribution in [3.05, 3.63) is 42.2 Å². The van der Waals surface area contributed by atoms with Crippen LogP contribution >= 0.6 is 0 Å². The van der Waals surface area contributed by atoms with Crippen LogP contribution in [0.4, 0.5) is 16.0 Å². The second kappa shape index (κ2) is 8.52. The number of nitrogens with one attached hydrogen (secondary N) is 1. The summed E-state index contributed by atoms with van der Waals surface area (Å²) in [6.07, 6.45) is 5.92. The molecule has 1 aromatic carbocycles. The smallest absolute Gasteiger partial charge is 0.241 e. The molecule has 1 aliphatic heterocycles. The number of benzene rings is 1. The molecular weight excluding hydrogens is 419 g/mol. The van der Waals surface area contributed by atoms with Gasteiger partial charge in [-0.2, -0.15) is 15.5 Å². The number of piperidine rings is 1. The molecule has 3 heterocycles. The first-order valence-electron chi connectivity index (χ1n) is 11.4. The maximum Gasteiger partial charge on any atom is 0.241 e. The van der Waals surface area contributed by atoms with E-state index in [9.17, 15) is 9.65 Å². The summed E-state index contributed by atoms with van der Waals surface area (Å²) in [5.41, 5.74) is 4.37. The van der Waals surface area contributed by atoms with Crippen LogP contribution in [0, 0.1) is 18.3 Å². The topological polar surface area (TPSA) is 94.0 Å². The molecule has 1 saturated carbocycles. The van der Waals surface area contributed by atoms with Crippen molar-refractivity contribution in [3.8, 4) is 17.2 Å². The van der Waals surface area contributed by atoms with E-state index in [4.69, 9.17) is 0 Å². The number of nitriles is 1. The van der Waals surface area contributed by atoms with Gasteiger partial charge in [0, 0.05) is 31.9 Å². The standard InChI is InChI=1S/C24H27FN8/c1-16-12-17(4-5-20(16)30-27-2)18-6-11-33-22(18)13-28-23(31-33)29-21-7-10-32(14-19(21)25)24(15-26)8-3-9-24/h4-6,11-13,19,21H,3,7-10,14H2,1-2H3,(H,29,31). The highest BCUT2D eigenvalue weighted by molar-refractivity contribution is 5.81. The molecule has 9 heteroatoms. The van der Waals surface area contributed by atoms with E-state index in [1.54, 1.807) is 17.8 Å². The fraction of sp³-hybridized carbons (Fsp3) is 0.458. The van der Waals surface area contributed by atoms with Gasteiger partial charge in [-0.25, -0.2) is 13.9 Å². The van der Waals surface area contributed by atoms with Gasteiger partial charge in [0.15, 0.2) is 0 Å². The third-order valence-corrected chi connectivity index (χ3v) is 6.98. The van der Waals surface area contributed by atoms with Gasteiger partial charge in [-0.1, -0.05) is 6.07 Å². The fourth-order valence-electron chi connectivity index (χ4n) is 4.89. The van der Waals surface area contributed by atoms with E-state index in [0.29, 0.717) is 18.9 Å². The van der Waals surface area contributed by atoms with E-state index in [1.165, 1.54) is 0 Å². The van der Waals surface area contributed by atoms with Gasteiger partial charge in [-0.05, 0) is 61.9 Å². The summed E-state index contributed by atoms with van der Waals surface area (Å²) in [7, 11) is 1.66. The lowest BCUT2D eigenvalue weighted by molar-refractivity contribution is 0.0128. The molecule has 2 atom stereocenters. The summed E-state index contributed by atoms with van der Waals surface area (Å²) < 4.78 is 16.8. The molecule has 1 saturated heterocycles. The first-order chi connectivity index (χ1) is 16.0. The first kappa shape index (κ1) is 21.5. The van der Waals surface area contributed by atoms with Gasteiger partial charge >= 0.3 is 0 Å². The van der Waals surface area contributed by atoms with Crippen molar-refractivity contribution >= 4 is 17.2 Å². The summed E-state index contributed by atoms with van der Waals surface area (Å²) >= 11 is 0. The highest BCUT2D eigenvalue weighted by Crippen LogP contribution is 2.39.